The van der Waals surface area contributed by atoms with Crippen LogP contribution in [0.15, 0.2) is 94.2 Å². The van der Waals surface area contributed by atoms with E-state index < -0.39 is 0 Å². The summed E-state index contributed by atoms with van der Waals surface area (Å²) in [6.45, 7) is 0. The van der Waals surface area contributed by atoms with Crippen molar-refractivity contribution in [3.05, 3.63) is 90.0 Å². The van der Waals surface area contributed by atoms with Gasteiger partial charge in [-0.15, -0.1) is 0 Å². The minimum absolute atomic E-state index is 0.0368. The molecule has 0 fully saturated rings. The lowest BCUT2D eigenvalue weighted by molar-refractivity contribution is -0.120. The number of phenols is 1. The summed E-state index contributed by atoms with van der Waals surface area (Å²) in [7, 11) is 0. The van der Waals surface area contributed by atoms with E-state index in [9.17, 15) is 9.90 Å². The second-order valence-electron chi connectivity index (χ2n) is 5.73. The largest absolute Gasteiger partial charge is 0.507 e. The van der Waals surface area contributed by atoms with Gasteiger partial charge in [0.2, 0.25) is 5.91 Å². The summed E-state index contributed by atoms with van der Waals surface area (Å²) in [6, 6.07) is 23.5. The molecular weight excluding hydrogens is 340 g/mol. The molecule has 0 aliphatic rings. The third kappa shape index (κ3) is 5.61. The summed E-state index contributed by atoms with van der Waals surface area (Å²) >= 11 is 0. The Hall–Kier alpha value is -3.80. The maximum atomic E-state index is 11.9. The number of carbonyl (C=O) groups excluding carboxylic acids is 1. The molecule has 0 heterocycles. The molecule has 0 aromatic heterocycles. The standard InChI is InChI=1S/C21H18N4O2/c26-20-12-11-19(24-23-18-9-5-2-6-10-18)14-17(20)15-22-25-21(27)13-16-7-3-1-4-8-16/h1-12,14-15,26H,13H2,(H,25,27)/b22-15-,24-23?. The van der Waals surface area contributed by atoms with Crippen LogP contribution in [-0.2, 0) is 11.2 Å². The number of amides is 1. The van der Waals surface area contributed by atoms with Gasteiger partial charge >= 0.3 is 0 Å². The fourth-order valence-electron chi connectivity index (χ4n) is 2.31. The van der Waals surface area contributed by atoms with Crippen LogP contribution in [0.3, 0.4) is 0 Å². The molecule has 3 aromatic rings. The number of hydrogen-bond acceptors (Lipinski definition) is 5. The molecule has 0 aliphatic heterocycles. The molecule has 0 bridgehead atoms. The Morgan fingerprint density at radius 2 is 1.56 bits per heavy atom. The van der Waals surface area contributed by atoms with Crippen LogP contribution in [0, 0.1) is 0 Å². The Morgan fingerprint density at radius 1 is 0.889 bits per heavy atom. The average Bonchev–Trinajstić information content (AvgIpc) is 2.70. The predicted octanol–water partition coefficient (Wildman–Crippen LogP) is 4.50. The summed E-state index contributed by atoms with van der Waals surface area (Å²) in [5.41, 5.74) is 5.07. The minimum Gasteiger partial charge on any atom is -0.507 e. The number of carbonyl (C=O) groups is 1. The number of nitrogens with one attached hydrogen (secondary N) is 1. The van der Waals surface area contributed by atoms with Gasteiger partial charge in [-0.2, -0.15) is 15.3 Å². The molecule has 134 valence electrons. The van der Waals surface area contributed by atoms with Crippen LogP contribution in [0.4, 0.5) is 11.4 Å². The highest BCUT2D eigenvalue weighted by molar-refractivity contribution is 5.86. The van der Waals surface area contributed by atoms with Crippen LogP contribution in [0.2, 0.25) is 0 Å². The Labute approximate surface area is 156 Å². The molecule has 0 atom stereocenters. The van der Waals surface area contributed by atoms with E-state index in [0.29, 0.717) is 11.3 Å². The highest BCUT2D eigenvalue weighted by atomic mass is 16.3. The van der Waals surface area contributed by atoms with Gasteiger partial charge in [0.1, 0.15) is 5.75 Å². The first-order valence-corrected chi connectivity index (χ1v) is 8.36. The second-order valence-corrected chi connectivity index (χ2v) is 5.73. The van der Waals surface area contributed by atoms with Crippen molar-refractivity contribution in [3.8, 4) is 5.75 Å². The molecule has 6 nitrogen and oxygen atoms in total. The van der Waals surface area contributed by atoms with Gasteiger partial charge in [-0.05, 0) is 35.9 Å². The van der Waals surface area contributed by atoms with Crippen LogP contribution >= 0.6 is 0 Å². The molecule has 0 saturated carbocycles. The van der Waals surface area contributed by atoms with Gasteiger partial charge in [0.25, 0.3) is 0 Å². The Morgan fingerprint density at radius 3 is 2.30 bits per heavy atom. The summed E-state index contributed by atoms with van der Waals surface area (Å²) in [5, 5.41) is 22.1. The van der Waals surface area contributed by atoms with Gasteiger partial charge in [0.15, 0.2) is 0 Å². The van der Waals surface area contributed by atoms with Crippen LogP contribution in [0.1, 0.15) is 11.1 Å². The lowest BCUT2D eigenvalue weighted by Crippen LogP contribution is -2.19. The van der Waals surface area contributed by atoms with E-state index in [-0.39, 0.29) is 18.1 Å². The third-order valence-electron chi connectivity index (χ3n) is 3.65. The SMILES string of the molecule is O=C(Cc1ccccc1)N/N=C\c1cc(N=Nc2ccccc2)ccc1O. The van der Waals surface area contributed by atoms with E-state index in [1.54, 1.807) is 12.1 Å². The minimum atomic E-state index is -0.239. The smallest absolute Gasteiger partial charge is 0.244 e. The molecule has 3 aromatic carbocycles. The molecule has 0 aliphatic carbocycles. The van der Waals surface area contributed by atoms with Gasteiger partial charge in [0, 0.05) is 5.56 Å². The quantitative estimate of drug-likeness (QED) is 0.386. The van der Waals surface area contributed by atoms with E-state index in [2.05, 4.69) is 20.8 Å². The maximum Gasteiger partial charge on any atom is 0.244 e. The van der Waals surface area contributed by atoms with Crippen molar-refractivity contribution in [1.82, 2.24) is 5.43 Å². The molecule has 0 radical (unpaired) electrons. The average molecular weight is 358 g/mol. The van der Waals surface area contributed by atoms with E-state index >= 15 is 0 Å². The number of nitrogens with zero attached hydrogens (tertiary/aromatic N) is 3. The predicted molar refractivity (Wildman–Crippen MR) is 105 cm³/mol. The zero-order valence-corrected chi connectivity index (χ0v) is 14.5. The van der Waals surface area contributed by atoms with Crippen LogP contribution in [0.5, 0.6) is 5.75 Å². The van der Waals surface area contributed by atoms with Gasteiger partial charge in [-0.1, -0.05) is 48.5 Å². The third-order valence-corrected chi connectivity index (χ3v) is 3.65. The zero-order chi connectivity index (χ0) is 18.9. The van der Waals surface area contributed by atoms with Gasteiger partial charge in [0.05, 0.1) is 24.0 Å². The van der Waals surface area contributed by atoms with Crippen molar-refractivity contribution in [3.63, 3.8) is 0 Å². The molecule has 0 spiro atoms. The van der Waals surface area contributed by atoms with E-state index in [0.717, 1.165) is 11.3 Å². The molecule has 6 heteroatoms. The highest BCUT2D eigenvalue weighted by Gasteiger charge is 2.03. The molecular formula is C21H18N4O2. The summed E-state index contributed by atoms with van der Waals surface area (Å²) in [6.07, 6.45) is 1.61. The van der Waals surface area contributed by atoms with Gasteiger partial charge in [-0.25, -0.2) is 5.43 Å². The normalized spacial score (nSPS) is 11.1. The lowest BCUT2D eigenvalue weighted by atomic mass is 10.1. The molecule has 3 rings (SSSR count). The molecule has 1 amide bonds. The Bertz CT molecular complexity index is 954. The summed E-state index contributed by atoms with van der Waals surface area (Å²) in [5.74, 6) is -0.202. The van der Waals surface area contributed by atoms with Crippen molar-refractivity contribution in [2.75, 3.05) is 0 Å². The maximum absolute atomic E-state index is 11.9. The number of phenolic OH excluding ortho intramolecular Hbond substituents is 1. The number of benzene rings is 3. The number of rotatable bonds is 6. The topological polar surface area (TPSA) is 86.4 Å². The molecule has 0 saturated heterocycles. The van der Waals surface area contributed by atoms with Crippen LogP contribution in [0.25, 0.3) is 0 Å². The van der Waals surface area contributed by atoms with E-state index in [1.807, 2.05) is 60.7 Å². The first-order valence-electron chi connectivity index (χ1n) is 8.36. The fourth-order valence-corrected chi connectivity index (χ4v) is 2.31. The van der Waals surface area contributed by atoms with Gasteiger partial charge in [-0.3, -0.25) is 4.79 Å². The molecule has 0 unspecified atom stereocenters. The van der Waals surface area contributed by atoms with Crippen molar-refractivity contribution in [2.45, 2.75) is 6.42 Å². The van der Waals surface area contributed by atoms with E-state index in [1.165, 1.54) is 12.3 Å². The number of azo groups is 1. The molecule has 2 N–H and O–H groups in total. The number of hydrogen-bond donors (Lipinski definition) is 2. The zero-order valence-electron chi connectivity index (χ0n) is 14.5. The monoisotopic (exact) mass is 358 g/mol. The van der Waals surface area contributed by atoms with Crippen LogP contribution in [-0.4, -0.2) is 17.2 Å². The number of hydrazone groups is 1. The molecule has 27 heavy (non-hydrogen) atoms. The number of aromatic hydroxyl groups is 1. The van der Waals surface area contributed by atoms with Gasteiger partial charge < -0.3 is 5.11 Å². The Balaban J connectivity index is 1.63. The highest BCUT2D eigenvalue weighted by Crippen LogP contribution is 2.23. The Kier molecular flexibility index (Phi) is 6.04. The van der Waals surface area contributed by atoms with Crippen molar-refractivity contribution in [2.24, 2.45) is 15.3 Å². The second kappa shape index (κ2) is 9.05. The van der Waals surface area contributed by atoms with Crippen molar-refractivity contribution >= 4 is 23.5 Å². The first kappa shape index (κ1) is 18.0. The van der Waals surface area contributed by atoms with E-state index in [4.69, 9.17) is 0 Å². The fraction of sp³-hybridized carbons (Fsp3) is 0.0476. The van der Waals surface area contributed by atoms with Crippen LogP contribution < -0.4 is 5.43 Å². The summed E-state index contributed by atoms with van der Waals surface area (Å²) < 4.78 is 0. The van der Waals surface area contributed by atoms with Crippen molar-refractivity contribution < 1.29 is 9.90 Å². The first-order chi connectivity index (χ1) is 13.2. The summed E-state index contributed by atoms with van der Waals surface area (Å²) in [4.78, 5) is 11.9. The van der Waals surface area contributed by atoms with Crippen molar-refractivity contribution in [1.29, 1.82) is 0 Å². The lowest BCUT2D eigenvalue weighted by Gasteiger charge is -2.02.